The van der Waals surface area contributed by atoms with Crippen LogP contribution in [0.3, 0.4) is 0 Å². The molecule has 2 fully saturated rings. The van der Waals surface area contributed by atoms with Crippen LogP contribution < -0.4 is 4.90 Å². The van der Waals surface area contributed by atoms with Crippen molar-refractivity contribution in [1.82, 2.24) is 15.0 Å². The topological polar surface area (TPSA) is 71.4 Å². The lowest BCUT2D eigenvalue weighted by molar-refractivity contribution is 0.139. The Bertz CT molecular complexity index is 1500. The van der Waals surface area contributed by atoms with E-state index in [0.717, 1.165) is 45.6 Å². The molecule has 6 rings (SSSR count). The number of ether oxygens (including phenoxy) is 1. The Morgan fingerprint density at radius 2 is 2.03 bits per heavy atom. The van der Waals surface area contributed by atoms with Gasteiger partial charge >= 0.3 is 0 Å². The summed E-state index contributed by atoms with van der Waals surface area (Å²) in [5.41, 5.74) is 1.12. The Kier molecular flexibility index (Phi) is 5.52. The van der Waals surface area contributed by atoms with Crippen molar-refractivity contribution in [2.75, 3.05) is 31.2 Å². The van der Waals surface area contributed by atoms with E-state index in [0.29, 0.717) is 45.3 Å². The highest BCUT2D eigenvalue weighted by molar-refractivity contribution is 6.01. The summed E-state index contributed by atoms with van der Waals surface area (Å²) < 4.78 is 36.6. The van der Waals surface area contributed by atoms with Crippen LogP contribution in [0.5, 0.6) is 5.75 Å². The second kappa shape index (κ2) is 8.62. The summed E-state index contributed by atoms with van der Waals surface area (Å²) in [6.07, 6.45) is 5.17. The highest BCUT2D eigenvalue weighted by atomic mass is 19.1. The highest BCUT2D eigenvalue weighted by Gasteiger charge is 2.40. The van der Waals surface area contributed by atoms with Gasteiger partial charge in [-0.05, 0) is 67.1 Å². The molecular weight excluding hydrogens is 462 g/mol. The van der Waals surface area contributed by atoms with Crippen LogP contribution in [0, 0.1) is 24.0 Å². The van der Waals surface area contributed by atoms with Crippen LogP contribution in [0.25, 0.3) is 32.9 Å². The van der Waals surface area contributed by atoms with Crippen molar-refractivity contribution in [2.24, 2.45) is 5.41 Å². The predicted molar refractivity (Wildman–Crippen MR) is 135 cm³/mol. The molecule has 8 heteroatoms. The summed E-state index contributed by atoms with van der Waals surface area (Å²) in [6.45, 7) is 6.75. The molecule has 4 heterocycles. The van der Waals surface area contributed by atoms with Gasteiger partial charge in [0.1, 0.15) is 34.4 Å². The Labute approximate surface area is 208 Å². The van der Waals surface area contributed by atoms with Crippen LogP contribution in [-0.2, 0) is 11.2 Å². The van der Waals surface area contributed by atoms with E-state index < -0.39 is 5.82 Å². The number of aryl methyl sites for hydroxylation is 2. The van der Waals surface area contributed by atoms with E-state index in [4.69, 9.17) is 9.72 Å². The molecule has 1 unspecified atom stereocenters. The number of phenols is 1. The van der Waals surface area contributed by atoms with Crippen molar-refractivity contribution in [3.8, 4) is 17.0 Å². The molecule has 1 atom stereocenters. The molecule has 4 aromatic rings. The van der Waals surface area contributed by atoms with Crippen LogP contribution in [0.1, 0.15) is 37.6 Å². The SMILES string of the molecule is CCc1c(F)ccc2cc(O)cc(-c3ncc4c(N5CCCC6(CCOC6)C5)nc(C)nc4c3F)c12. The summed E-state index contributed by atoms with van der Waals surface area (Å²) in [7, 11) is 0. The highest BCUT2D eigenvalue weighted by Crippen LogP contribution is 2.42. The molecule has 36 heavy (non-hydrogen) atoms. The molecule has 0 amide bonds. The maximum absolute atomic E-state index is 16.2. The number of rotatable bonds is 3. The van der Waals surface area contributed by atoms with Gasteiger partial charge in [-0.1, -0.05) is 13.0 Å². The van der Waals surface area contributed by atoms with Crippen molar-refractivity contribution in [3.05, 3.63) is 53.5 Å². The summed E-state index contributed by atoms with van der Waals surface area (Å²) in [4.78, 5) is 15.9. The van der Waals surface area contributed by atoms with Crippen molar-refractivity contribution >= 4 is 27.5 Å². The number of hydrogen-bond acceptors (Lipinski definition) is 6. The largest absolute Gasteiger partial charge is 0.508 e. The van der Waals surface area contributed by atoms with E-state index in [2.05, 4.69) is 14.9 Å². The lowest BCUT2D eigenvalue weighted by Gasteiger charge is -2.40. The summed E-state index contributed by atoms with van der Waals surface area (Å²) >= 11 is 0. The molecule has 2 aliphatic rings. The minimum absolute atomic E-state index is 0.0343. The zero-order valence-electron chi connectivity index (χ0n) is 20.4. The Hall–Kier alpha value is -3.39. The first kappa shape index (κ1) is 23.0. The molecule has 2 aliphatic heterocycles. The molecule has 1 spiro atoms. The number of fused-ring (bicyclic) bond motifs is 2. The summed E-state index contributed by atoms with van der Waals surface area (Å²) in [5.74, 6) is 0.144. The number of aromatic hydroxyl groups is 1. The number of halogens is 2. The summed E-state index contributed by atoms with van der Waals surface area (Å²) in [5, 5.41) is 12.1. The van der Waals surface area contributed by atoms with E-state index in [9.17, 15) is 9.50 Å². The number of pyridine rings is 1. The fourth-order valence-electron chi connectivity index (χ4n) is 5.97. The molecule has 0 aliphatic carbocycles. The lowest BCUT2D eigenvalue weighted by atomic mass is 9.79. The number of anilines is 1. The zero-order valence-corrected chi connectivity index (χ0v) is 20.4. The predicted octanol–water partition coefficient (Wildman–Crippen LogP) is 5.71. The molecule has 0 saturated carbocycles. The fourth-order valence-corrected chi connectivity index (χ4v) is 5.97. The third-order valence-corrected chi connectivity index (χ3v) is 7.68. The number of phenolic OH excluding ortho intramolecular Hbond substituents is 1. The second-order valence-electron chi connectivity index (χ2n) is 10.1. The van der Waals surface area contributed by atoms with Gasteiger partial charge in [0, 0.05) is 36.9 Å². The monoisotopic (exact) mass is 490 g/mol. The number of piperidine rings is 1. The van der Waals surface area contributed by atoms with Crippen LogP contribution in [-0.4, -0.2) is 46.4 Å². The maximum atomic E-state index is 16.2. The average molecular weight is 491 g/mol. The van der Waals surface area contributed by atoms with E-state index in [1.165, 1.54) is 12.1 Å². The van der Waals surface area contributed by atoms with E-state index in [1.807, 2.05) is 6.92 Å². The van der Waals surface area contributed by atoms with Gasteiger partial charge in [-0.15, -0.1) is 0 Å². The number of nitrogens with zero attached hydrogens (tertiary/aromatic N) is 4. The Balaban J connectivity index is 1.54. The minimum atomic E-state index is -0.603. The number of benzene rings is 2. The molecule has 6 nitrogen and oxygen atoms in total. The van der Waals surface area contributed by atoms with Crippen molar-refractivity contribution in [3.63, 3.8) is 0 Å². The number of aromatic nitrogens is 3. The third kappa shape index (κ3) is 3.66. The zero-order chi connectivity index (χ0) is 25.0. The van der Waals surface area contributed by atoms with Crippen LogP contribution in [0.2, 0.25) is 0 Å². The lowest BCUT2D eigenvalue weighted by Crippen LogP contribution is -2.44. The van der Waals surface area contributed by atoms with Gasteiger partial charge in [-0.2, -0.15) is 0 Å². The minimum Gasteiger partial charge on any atom is -0.508 e. The standard InChI is InChI=1S/C28H28F2N4O2/c1-3-19-22(29)6-5-17-11-18(35)12-20(23(17)19)25-24(30)26-21(13-31-25)27(33-16(2)32-26)34-9-4-7-28(14-34)8-10-36-15-28/h5-6,11-13,35H,3-4,7-10,14-15H2,1-2H3. The van der Waals surface area contributed by atoms with Gasteiger partial charge < -0.3 is 14.7 Å². The van der Waals surface area contributed by atoms with Crippen LogP contribution in [0.4, 0.5) is 14.6 Å². The van der Waals surface area contributed by atoms with Crippen LogP contribution >= 0.6 is 0 Å². The van der Waals surface area contributed by atoms with Gasteiger partial charge in [-0.3, -0.25) is 4.98 Å². The number of hydrogen-bond donors (Lipinski definition) is 1. The van der Waals surface area contributed by atoms with Crippen molar-refractivity contribution < 1.29 is 18.6 Å². The molecule has 2 aromatic heterocycles. The summed E-state index contributed by atoms with van der Waals surface area (Å²) in [6, 6.07) is 5.97. The van der Waals surface area contributed by atoms with Gasteiger partial charge in [0.15, 0.2) is 5.82 Å². The first-order chi connectivity index (χ1) is 17.4. The van der Waals surface area contributed by atoms with Crippen LogP contribution in [0.15, 0.2) is 30.5 Å². The smallest absolute Gasteiger partial charge is 0.175 e. The molecular formula is C28H28F2N4O2. The average Bonchev–Trinajstić information content (AvgIpc) is 3.31. The molecule has 2 aromatic carbocycles. The molecule has 0 bridgehead atoms. The maximum Gasteiger partial charge on any atom is 0.175 e. The van der Waals surface area contributed by atoms with E-state index in [-0.39, 0.29) is 28.2 Å². The third-order valence-electron chi connectivity index (χ3n) is 7.68. The Morgan fingerprint density at radius 3 is 2.81 bits per heavy atom. The molecule has 2 saturated heterocycles. The second-order valence-corrected chi connectivity index (χ2v) is 10.1. The first-order valence-electron chi connectivity index (χ1n) is 12.5. The van der Waals surface area contributed by atoms with Crippen molar-refractivity contribution in [2.45, 2.75) is 39.5 Å². The van der Waals surface area contributed by atoms with Crippen molar-refractivity contribution in [1.29, 1.82) is 0 Å². The molecule has 186 valence electrons. The Morgan fingerprint density at radius 1 is 1.17 bits per heavy atom. The first-order valence-corrected chi connectivity index (χ1v) is 12.5. The van der Waals surface area contributed by atoms with Gasteiger partial charge in [-0.25, -0.2) is 18.7 Å². The quantitative estimate of drug-likeness (QED) is 0.397. The fraction of sp³-hybridized carbons (Fsp3) is 0.393. The van der Waals surface area contributed by atoms with E-state index >= 15 is 4.39 Å². The normalized spacial score (nSPS) is 20.2. The van der Waals surface area contributed by atoms with E-state index in [1.54, 1.807) is 25.3 Å². The van der Waals surface area contributed by atoms with Gasteiger partial charge in [0.2, 0.25) is 0 Å². The molecule has 0 radical (unpaired) electrons. The molecule has 1 N–H and O–H groups in total. The van der Waals surface area contributed by atoms with Gasteiger partial charge in [0.05, 0.1) is 12.0 Å². The van der Waals surface area contributed by atoms with Gasteiger partial charge in [0.25, 0.3) is 0 Å².